The molecule has 0 aliphatic carbocycles. The van der Waals surface area contributed by atoms with Crippen LogP contribution in [-0.2, 0) is 22.5 Å². The van der Waals surface area contributed by atoms with Gasteiger partial charge in [-0.3, -0.25) is 9.69 Å². The summed E-state index contributed by atoms with van der Waals surface area (Å²) in [5.41, 5.74) is 2.31. The van der Waals surface area contributed by atoms with Gasteiger partial charge in [0.15, 0.2) is 5.13 Å². The molecule has 4 rings (SSSR count). The SMILES string of the molecule is CC#CC(=O)N1CCC[C@@H](Cc2cc(CN3CCOCC3)cc(Nc3ncc(C)s3)n2)C1. The molecule has 0 radical (unpaired) electrons. The van der Waals surface area contributed by atoms with E-state index in [0.29, 0.717) is 5.92 Å². The fourth-order valence-corrected chi connectivity index (χ4v) is 5.02. The molecule has 0 bridgehead atoms. The lowest BCUT2D eigenvalue weighted by atomic mass is 9.92. The van der Waals surface area contributed by atoms with E-state index in [9.17, 15) is 4.79 Å². The van der Waals surface area contributed by atoms with E-state index in [0.717, 1.165) is 81.8 Å². The number of aromatic nitrogens is 2. The van der Waals surface area contributed by atoms with Gasteiger partial charge in [-0.05, 0) is 62.6 Å². The van der Waals surface area contributed by atoms with Gasteiger partial charge in [-0.2, -0.15) is 0 Å². The van der Waals surface area contributed by atoms with Crippen LogP contribution in [0.15, 0.2) is 18.3 Å². The number of hydrogen-bond donors (Lipinski definition) is 1. The molecule has 4 heterocycles. The first-order chi connectivity index (χ1) is 15.6. The zero-order valence-corrected chi connectivity index (χ0v) is 19.7. The van der Waals surface area contributed by atoms with Crippen molar-refractivity contribution in [1.82, 2.24) is 19.8 Å². The fraction of sp³-hybridized carbons (Fsp3) is 0.542. The minimum absolute atomic E-state index is 0.0623. The lowest BCUT2D eigenvalue weighted by Crippen LogP contribution is -2.40. The van der Waals surface area contributed by atoms with Crippen molar-refractivity contribution in [3.63, 3.8) is 0 Å². The molecule has 170 valence electrons. The second kappa shape index (κ2) is 10.9. The first-order valence-corrected chi connectivity index (χ1v) is 12.1. The van der Waals surface area contributed by atoms with Gasteiger partial charge in [0.2, 0.25) is 0 Å². The summed E-state index contributed by atoms with van der Waals surface area (Å²) in [4.78, 5) is 27.1. The lowest BCUT2D eigenvalue weighted by molar-refractivity contribution is -0.126. The average molecular weight is 454 g/mol. The van der Waals surface area contributed by atoms with Gasteiger partial charge in [0, 0.05) is 49.5 Å². The molecule has 0 aromatic carbocycles. The molecule has 2 aromatic heterocycles. The second-order valence-electron chi connectivity index (χ2n) is 8.48. The summed E-state index contributed by atoms with van der Waals surface area (Å²) in [6.07, 6.45) is 4.84. The van der Waals surface area contributed by atoms with Crippen LogP contribution in [0, 0.1) is 24.7 Å². The molecule has 7 nitrogen and oxygen atoms in total. The number of likely N-dealkylation sites (tertiary alicyclic amines) is 1. The maximum absolute atomic E-state index is 12.2. The molecular weight excluding hydrogens is 422 g/mol. The Hall–Kier alpha value is -2.47. The quantitative estimate of drug-likeness (QED) is 0.678. The topological polar surface area (TPSA) is 70.6 Å². The van der Waals surface area contributed by atoms with Crippen LogP contribution in [0.2, 0.25) is 0 Å². The predicted octanol–water partition coefficient (Wildman–Crippen LogP) is 3.23. The Morgan fingerprint density at radius 3 is 2.91 bits per heavy atom. The highest BCUT2D eigenvalue weighted by molar-refractivity contribution is 7.15. The van der Waals surface area contributed by atoms with Gasteiger partial charge in [-0.15, -0.1) is 11.3 Å². The van der Waals surface area contributed by atoms with E-state index in [1.807, 2.05) is 11.1 Å². The number of ether oxygens (including phenoxy) is 1. The van der Waals surface area contributed by atoms with Gasteiger partial charge < -0.3 is 15.0 Å². The van der Waals surface area contributed by atoms with Crippen molar-refractivity contribution in [3.05, 3.63) is 34.5 Å². The van der Waals surface area contributed by atoms with Gasteiger partial charge >= 0.3 is 0 Å². The molecule has 0 saturated carbocycles. The Morgan fingerprint density at radius 2 is 2.16 bits per heavy atom. The van der Waals surface area contributed by atoms with Gasteiger partial charge in [0.05, 0.1) is 13.2 Å². The molecule has 2 aliphatic heterocycles. The van der Waals surface area contributed by atoms with Crippen molar-refractivity contribution in [2.45, 2.75) is 39.7 Å². The molecule has 32 heavy (non-hydrogen) atoms. The van der Waals surface area contributed by atoms with Gasteiger partial charge in [-0.25, -0.2) is 9.97 Å². The number of anilines is 2. The smallest absolute Gasteiger partial charge is 0.298 e. The van der Waals surface area contributed by atoms with Crippen LogP contribution in [0.5, 0.6) is 0 Å². The van der Waals surface area contributed by atoms with Crippen molar-refractivity contribution >= 4 is 28.2 Å². The van der Waals surface area contributed by atoms with E-state index >= 15 is 0 Å². The summed E-state index contributed by atoms with van der Waals surface area (Å²) in [7, 11) is 0. The number of carbonyl (C=O) groups is 1. The largest absolute Gasteiger partial charge is 0.379 e. The molecule has 2 aliphatic rings. The maximum Gasteiger partial charge on any atom is 0.298 e. The number of thiazole rings is 1. The number of hydrogen-bond acceptors (Lipinski definition) is 7. The number of amides is 1. The maximum atomic E-state index is 12.2. The number of piperidine rings is 1. The summed E-state index contributed by atoms with van der Waals surface area (Å²) in [5, 5.41) is 4.25. The normalized spacial score (nSPS) is 19.3. The third-order valence-corrected chi connectivity index (χ3v) is 6.67. The molecule has 1 amide bonds. The molecule has 1 atom stereocenters. The number of pyridine rings is 1. The van der Waals surface area contributed by atoms with Crippen LogP contribution < -0.4 is 5.32 Å². The van der Waals surface area contributed by atoms with Crippen LogP contribution in [0.1, 0.15) is 35.9 Å². The molecule has 0 unspecified atom stereocenters. The van der Waals surface area contributed by atoms with E-state index in [1.54, 1.807) is 18.3 Å². The Balaban J connectivity index is 1.51. The highest BCUT2D eigenvalue weighted by Crippen LogP contribution is 2.25. The number of morpholine rings is 1. The summed E-state index contributed by atoms with van der Waals surface area (Å²) in [6, 6.07) is 4.35. The average Bonchev–Trinajstić information content (AvgIpc) is 3.19. The summed E-state index contributed by atoms with van der Waals surface area (Å²) in [5.74, 6) is 6.58. The monoisotopic (exact) mass is 453 g/mol. The van der Waals surface area contributed by atoms with Gasteiger partial charge in [0.1, 0.15) is 5.82 Å². The number of carbonyl (C=O) groups excluding carboxylic acids is 1. The molecular formula is C24H31N5O2S. The Kier molecular flexibility index (Phi) is 7.74. The van der Waals surface area contributed by atoms with Crippen molar-refractivity contribution in [2.24, 2.45) is 5.92 Å². The third kappa shape index (κ3) is 6.28. The van der Waals surface area contributed by atoms with Gasteiger partial charge in [0.25, 0.3) is 5.91 Å². The fourth-order valence-electron chi connectivity index (χ4n) is 4.35. The zero-order valence-electron chi connectivity index (χ0n) is 18.9. The minimum Gasteiger partial charge on any atom is -0.379 e. The van der Waals surface area contributed by atoms with Crippen molar-refractivity contribution in [2.75, 3.05) is 44.7 Å². The first-order valence-electron chi connectivity index (χ1n) is 11.3. The molecule has 2 fully saturated rings. The number of rotatable bonds is 6. The minimum atomic E-state index is -0.0623. The van der Waals surface area contributed by atoms with Crippen LogP contribution in [0.4, 0.5) is 10.9 Å². The first kappa shape index (κ1) is 22.7. The Morgan fingerprint density at radius 1 is 1.31 bits per heavy atom. The van der Waals surface area contributed by atoms with Crippen LogP contribution in [-0.4, -0.2) is 65.1 Å². The van der Waals surface area contributed by atoms with Crippen molar-refractivity contribution in [1.29, 1.82) is 0 Å². The summed E-state index contributed by atoms with van der Waals surface area (Å²) < 4.78 is 5.50. The summed E-state index contributed by atoms with van der Waals surface area (Å²) in [6.45, 7) is 9.65. The molecule has 1 N–H and O–H groups in total. The second-order valence-corrected chi connectivity index (χ2v) is 9.71. The van der Waals surface area contributed by atoms with Crippen molar-refractivity contribution < 1.29 is 9.53 Å². The van der Waals surface area contributed by atoms with E-state index in [4.69, 9.17) is 9.72 Å². The standard InChI is InChI=1S/C24H31N5O2S/c1-3-5-23(30)29-7-4-6-19(17-29)12-21-13-20(16-28-8-10-31-11-9-28)14-22(26-21)27-24-25-15-18(2)32-24/h13-15,19H,4,6-12,16-17H2,1-2H3,(H,25,26,27)/t19-/m0/s1. The van der Waals surface area contributed by atoms with Gasteiger partial charge in [-0.1, -0.05) is 5.92 Å². The van der Waals surface area contributed by atoms with E-state index in [2.05, 4.69) is 46.1 Å². The lowest BCUT2D eigenvalue weighted by Gasteiger charge is -2.31. The van der Waals surface area contributed by atoms with E-state index in [1.165, 1.54) is 10.4 Å². The van der Waals surface area contributed by atoms with Crippen LogP contribution >= 0.6 is 11.3 Å². The zero-order chi connectivity index (χ0) is 22.3. The van der Waals surface area contributed by atoms with Crippen LogP contribution in [0.25, 0.3) is 0 Å². The third-order valence-electron chi connectivity index (χ3n) is 5.84. The predicted molar refractivity (Wildman–Crippen MR) is 127 cm³/mol. The van der Waals surface area contributed by atoms with Crippen LogP contribution in [0.3, 0.4) is 0 Å². The highest BCUT2D eigenvalue weighted by atomic mass is 32.1. The molecule has 0 spiro atoms. The van der Waals surface area contributed by atoms with Crippen molar-refractivity contribution in [3.8, 4) is 11.8 Å². The Labute approximate surface area is 194 Å². The summed E-state index contributed by atoms with van der Waals surface area (Å²) >= 11 is 1.63. The highest BCUT2D eigenvalue weighted by Gasteiger charge is 2.24. The number of aryl methyl sites for hydroxylation is 1. The molecule has 2 saturated heterocycles. The van der Waals surface area contributed by atoms with E-state index < -0.39 is 0 Å². The molecule has 8 heteroatoms. The van der Waals surface area contributed by atoms with E-state index in [-0.39, 0.29) is 5.91 Å². The molecule has 2 aromatic rings. The Bertz CT molecular complexity index is 990. The number of nitrogens with one attached hydrogen (secondary N) is 1. The number of nitrogens with zero attached hydrogens (tertiary/aromatic N) is 4.